The van der Waals surface area contributed by atoms with Crippen molar-refractivity contribution in [3.8, 4) is 0 Å². The molecule has 0 unspecified atom stereocenters. The number of anilines is 1. The molecule has 0 atom stereocenters. The Hall–Kier alpha value is -6.40. The van der Waals surface area contributed by atoms with Crippen molar-refractivity contribution < 1.29 is 8.60 Å². The molecule has 8 rings (SSSR count). The van der Waals surface area contributed by atoms with E-state index in [0.717, 1.165) is 16.3 Å². The average molecular weight is 810 g/mol. The van der Waals surface area contributed by atoms with Crippen LogP contribution >= 0.6 is 7.41 Å². The molecule has 0 radical (unpaired) electrons. The summed E-state index contributed by atoms with van der Waals surface area (Å²) in [5.74, 6) is -0.339. The number of hydrogen-bond donors (Lipinski definition) is 1. The molecule has 8 heteroatoms. The third kappa shape index (κ3) is 9.34. The Bertz CT molecular complexity index is 2470. The lowest BCUT2D eigenvalue weighted by atomic mass is 9.13. The molecule has 0 aliphatic carbocycles. The SMILES string of the molecule is CS(C)(=O)=N[P+](/C(=N/Nc1ccccc1)c1ccc(F)cc1)(c1ccccc1)c1ccccc1.c1ccc([B-](c2ccccc2)(c2ccccc2)c2ccccc2)cc1. The maximum absolute atomic E-state index is 13.9. The Morgan fingerprint density at radius 1 is 0.475 bits per heavy atom. The highest BCUT2D eigenvalue weighted by atomic mass is 32.2. The van der Waals surface area contributed by atoms with Gasteiger partial charge >= 0.3 is 0 Å². The summed E-state index contributed by atoms with van der Waals surface area (Å²) < 4.78 is 32.3. The van der Waals surface area contributed by atoms with Crippen LogP contribution < -0.4 is 37.9 Å². The molecule has 8 aromatic rings. The maximum atomic E-state index is 13.9. The summed E-state index contributed by atoms with van der Waals surface area (Å²) in [5, 5.41) is 6.70. The van der Waals surface area contributed by atoms with E-state index in [1.807, 2.05) is 91.0 Å². The van der Waals surface area contributed by atoms with Crippen molar-refractivity contribution in [2.75, 3.05) is 17.9 Å². The van der Waals surface area contributed by atoms with Gasteiger partial charge in [-0.1, -0.05) is 180 Å². The van der Waals surface area contributed by atoms with Crippen molar-refractivity contribution in [2.45, 2.75) is 0 Å². The lowest BCUT2D eigenvalue weighted by molar-refractivity contribution is 0.628. The third-order valence-corrected chi connectivity index (χ3v) is 15.9. The maximum Gasteiger partial charge on any atom is 0.261 e. The molecule has 0 saturated heterocycles. The molecule has 4 nitrogen and oxygen atoms in total. The van der Waals surface area contributed by atoms with Crippen LogP contribution in [0, 0.1) is 5.82 Å². The van der Waals surface area contributed by atoms with Crippen molar-refractivity contribution in [1.29, 1.82) is 0 Å². The summed E-state index contributed by atoms with van der Waals surface area (Å²) in [6.07, 6.45) is 2.06. The molecule has 0 fully saturated rings. The Morgan fingerprint density at radius 2 is 0.797 bits per heavy atom. The second kappa shape index (κ2) is 18.9. The van der Waals surface area contributed by atoms with Gasteiger partial charge < -0.3 is 0 Å². The molecule has 0 aliphatic rings. The fourth-order valence-electron chi connectivity index (χ4n) is 7.78. The van der Waals surface area contributed by atoms with Crippen LogP contribution in [-0.4, -0.2) is 28.3 Å². The summed E-state index contributed by atoms with van der Waals surface area (Å²) in [6.45, 7) is 0. The lowest BCUT2D eigenvalue weighted by Gasteiger charge is -2.44. The summed E-state index contributed by atoms with van der Waals surface area (Å²) in [5.41, 5.74) is 10.6. The van der Waals surface area contributed by atoms with Gasteiger partial charge in [0, 0.05) is 18.1 Å². The third-order valence-electron chi connectivity index (χ3n) is 10.3. The van der Waals surface area contributed by atoms with E-state index < -0.39 is 23.3 Å². The van der Waals surface area contributed by atoms with Crippen LogP contribution in [0.15, 0.2) is 246 Å². The number of hydrazone groups is 1. The predicted molar refractivity (Wildman–Crippen MR) is 255 cm³/mol. The molecular weight excluding hydrogens is 763 g/mol. The van der Waals surface area contributed by atoms with E-state index in [0.29, 0.717) is 11.0 Å². The number of para-hydroxylation sites is 1. The first-order chi connectivity index (χ1) is 28.8. The molecule has 0 aromatic heterocycles. The largest absolute Gasteiger partial charge is 0.275 e. The minimum Gasteiger partial charge on any atom is -0.275 e. The van der Waals surface area contributed by atoms with Crippen LogP contribution in [0.3, 0.4) is 0 Å². The number of halogens is 1. The standard InChI is InChI=1S/C27H26FN3OPS.C24H20B/c1-34(2,32)31-33(25-14-8-4-9-15-25,26-16-10-5-11-17-26)27(22-18-20-23(28)21-19-22)30-29-24-12-6-3-7-13-24;1-5-13-21(14-6-1)25(22-15-7-2-8-16-22,23-17-9-3-10-18-23)24-19-11-4-12-20-24/h3-21,29H,1-2H3;1-20H/q+1;-1/b30-27+;. The van der Waals surface area contributed by atoms with Crippen molar-refractivity contribution in [3.05, 3.63) is 248 Å². The summed E-state index contributed by atoms with van der Waals surface area (Å²) in [4.78, 5) is 0. The zero-order chi connectivity index (χ0) is 41.0. The van der Waals surface area contributed by atoms with E-state index in [1.54, 1.807) is 24.6 Å². The Balaban J connectivity index is 0.000000187. The number of benzene rings is 8. The van der Waals surface area contributed by atoms with Gasteiger partial charge in [0.05, 0.1) is 15.4 Å². The van der Waals surface area contributed by atoms with Gasteiger partial charge in [-0.3, -0.25) is 5.43 Å². The molecule has 0 spiro atoms. The van der Waals surface area contributed by atoms with E-state index >= 15 is 0 Å². The number of rotatable bonds is 11. The van der Waals surface area contributed by atoms with Crippen LogP contribution in [0.2, 0.25) is 0 Å². The minimum atomic E-state index is -2.89. The lowest BCUT2D eigenvalue weighted by Crippen LogP contribution is -2.74. The molecule has 292 valence electrons. The van der Waals surface area contributed by atoms with Gasteiger partial charge in [-0.15, -0.1) is 5.10 Å². The van der Waals surface area contributed by atoms with Crippen molar-refractivity contribution in [2.24, 2.45) is 9.23 Å². The first kappa shape index (κ1) is 40.8. The van der Waals surface area contributed by atoms with Crippen molar-refractivity contribution >= 4 is 66.9 Å². The number of nitrogens with zero attached hydrogens (tertiary/aromatic N) is 2. The Labute approximate surface area is 349 Å². The number of hydrogen-bond acceptors (Lipinski definition) is 4. The van der Waals surface area contributed by atoms with E-state index in [-0.39, 0.29) is 5.82 Å². The molecule has 59 heavy (non-hydrogen) atoms. The quantitative estimate of drug-likeness (QED) is 0.0615. The van der Waals surface area contributed by atoms with Crippen molar-refractivity contribution in [3.63, 3.8) is 0 Å². The summed E-state index contributed by atoms with van der Waals surface area (Å²) in [6, 6.07) is 79.0. The molecule has 0 bridgehead atoms. The second-order valence-electron chi connectivity index (χ2n) is 14.5. The second-order valence-corrected chi connectivity index (χ2v) is 20.2. The van der Waals surface area contributed by atoms with Crippen LogP contribution in [0.25, 0.3) is 0 Å². The van der Waals surface area contributed by atoms with Gasteiger partial charge in [0.25, 0.3) is 7.41 Å². The van der Waals surface area contributed by atoms with E-state index in [4.69, 9.17) is 9.23 Å². The van der Waals surface area contributed by atoms with Gasteiger partial charge in [0.15, 0.2) is 0 Å². The zero-order valence-electron chi connectivity index (χ0n) is 33.1. The van der Waals surface area contributed by atoms with Gasteiger partial charge in [-0.05, 0) is 60.7 Å². The first-order valence-corrected chi connectivity index (χ1v) is 23.6. The van der Waals surface area contributed by atoms with Gasteiger partial charge in [-0.25, -0.2) is 8.60 Å². The van der Waals surface area contributed by atoms with Gasteiger partial charge in [0.1, 0.15) is 22.6 Å². The van der Waals surface area contributed by atoms with Crippen LogP contribution in [0.1, 0.15) is 5.56 Å². The topological polar surface area (TPSA) is 53.8 Å². The molecule has 0 saturated carbocycles. The fraction of sp³-hybridized carbons (Fsp3) is 0.0392. The van der Waals surface area contributed by atoms with E-state index in [2.05, 4.69) is 127 Å². The number of nitrogens with one attached hydrogen (secondary N) is 1. The van der Waals surface area contributed by atoms with Gasteiger partial charge in [-0.2, -0.15) is 21.9 Å². The minimum absolute atomic E-state index is 0.339. The molecule has 1 N–H and O–H groups in total. The molecular formula is C51H46BFN3OPS. The Morgan fingerprint density at radius 3 is 1.14 bits per heavy atom. The highest BCUT2D eigenvalue weighted by Crippen LogP contribution is 2.61. The normalized spacial score (nSPS) is 11.8. The summed E-state index contributed by atoms with van der Waals surface area (Å²) in [7, 11) is -5.47. The van der Waals surface area contributed by atoms with E-state index in [9.17, 15) is 8.60 Å². The monoisotopic (exact) mass is 809 g/mol. The summed E-state index contributed by atoms with van der Waals surface area (Å²) >= 11 is 0. The average Bonchev–Trinajstić information content (AvgIpc) is 3.29. The molecule has 0 heterocycles. The predicted octanol–water partition coefficient (Wildman–Crippen LogP) is 8.97. The van der Waals surface area contributed by atoms with E-state index in [1.165, 1.54) is 34.0 Å². The van der Waals surface area contributed by atoms with Crippen LogP contribution in [0.4, 0.5) is 10.1 Å². The highest BCUT2D eigenvalue weighted by molar-refractivity contribution is 8.08. The smallest absolute Gasteiger partial charge is 0.261 e. The van der Waals surface area contributed by atoms with Gasteiger partial charge in [0.2, 0.25) is 5.45 Å². The highest BCUT2D eigenvalue weighted by Gasteiger charge is 2.52. The molecule has 8 aromatic carbocycles. The molecule has 0 amide bonds. The first-order valence-electron chi connectivity index (χ1n) is 19.5. The van der Waals surface area contributed by atoms with Crippen LogP contribution in [0.5, 0.6) is 0 Å². The van der Waals surface area contributed by atoms with Crippen LogP contribution in [-0.2, 0) is 9.73 Å². The Kier molecular flexibility index (Phi) is 13.1. The van der Waals surface area contributed by atoms with Crippen molar-refractivity contribution in [1.82, 2.24) is 0 Å². The molecule has 0 aliphatic heterocycles. The fourth-order valence-corrected chi connectivity index (χ4v) is 13.9. The zero-order valence-corrected chi connectivity index (χ0v) is 34.8.